The van der Waals surface area contributed by atoms with E-state index in [1.165, 1.54) is 12.1 Å². The highest BCUT2D eigenvalue weighted by Crippen LogP contribution is 2.18. The third-order valence-electron chi connectivity index (χ3n) is 4.71. The number of carbonyl (C=O) groups is 3. The Morgan fingerprint density at radius 2 is 1.47 bits per heavy atom. The summed E-state index contributed by atoms with van der Waals surface area (Å²) >= 11 is 0. The van der Waals surface area contributed by atoms with Crippen molar-refractivity contribution in [2.24, 2.45) is 0 Å². The van der Waals surface area contributed by atoms with Gasteiger partial charge in [-0.25, -0.2) is 9.18 Å². The molecule has 7 heteroatoms. The monoisotopic (exact) mass is 435 g/mol. The minimum Gasteiger partial charge on any atom is -0.497 e. The predicted octanol–water partition coefficient (Wildman–Crippen LogP) is 4.31. The lowest BCUT2D eigenvalue weighted by molar-refractivity contribution is -0.143. The first-order chi connectivity index (χ1) is 15.5. The quantitative estimate of drug-likeness (QED) is 0.377. The van der Waals surface area contributed by atoms with Crippen LogP contribution in [0.25, 0.3) is 0 Å². The Morgan fingerprint density at radius 3 is 2.09 bits per heavy atom. The van der Waals surface area contributed by atoms with E-state index in [2.05, 4.69) is 5.32 Å². The Labute approximate surface area is 185 Å². The maximum atomic E-state index is 13.0. The second-order valence-electron chi connectivity index (χ2n) is 6.96. The van der Waals surface area contributed by atoms with E-state index in [9.17, 15) is 18.8 Å². The summed E-state index contributed by atoms with van der Waals surface area (Å²) < 4.78 is 23.3. The number of benzene rings is 3. The minimum atomic E-state index is -1.02. The van der Waals surface area contributed by atoms with Crippen molar-refractivity contribution in [3.8, 4) is 5.75 Å². The standard InChI is InChI=1S/C25H22FNO5/c1-31-21-13-11-20(12-14-21)27-22(15-23(28)17-5-3-2-4-6-17)25(30)32-16-24(29)18-7-9-19(26)10-8-18/h2-14,22,27H,15-16H2,1H3/t22-/m1/s1. The summed E-state index contributed by atoms with van der Waals surface area (Å²) in [5, 5.41) is 2.99. The number of ketones is 2. The van der Waals surface area contributed by atoms with Crippen molar-refractivity contribution in [1.29, 1.82) is 0 Å². The molecule has 0 bridgehead atoms. The van der Waals surface area contributed by atoms with Crippen molar-refractivity contribution in [1.82, 2.24) is 0 Å². The van der Waals surface area contributed by atoms with Crippen LogP contribution in [0.4, 0.5) is 10.1 Å². The van der Waals surface area contributed by atoms with E-state index in [1.54, 1.807) is 61.7 Å². The molecule has 32 heavy (non-hydrogen) atoms. The van der Waals surface area contributed by atoms with Gasteiger partial charge in [-0.2, -0.15) is 0 Å². The van der Waals surface area contributed by atoms with Crippen LogP contribution in [0, 0.1) is 5.82 Å². The van der Waals surface area contributed by atoms with Crippen molar-refractivity contribution in [2.75, 3.05) is 19.0 Å². The van der Waals surface area contributed by atoms with Crippen LogP contribution in [-0.4, -0.2) is 37.3 Å². The molecule has 0 saturated heterocycles. The van der Waals surface area contributed by atoms with Gasteiger partial charge in [0.1, 0.15) is 17.6 Å². The Kier molecular flexibility index (Phi) is 7.70. The number of hydrogen-bond acceptors (Lipinski definition) is 6. The molecule has 0 saturated carbocycles. The highest BCUT2D eigenvalue weighted by atomic mass is 19.1. The zero-order valence-electron chi connectivity index (χ0n) is 17.4. The summed E-state index contributed by atoms with van der Waals surface area (Å²) in [4.78, 5) is 37.7. The van der Waals surface area contributed by atoms with Crippen molar-refractivity contribution in [3.05, 3.63) is 95.8 Å². The largest absolute Gasteiger partial charge is 0.497 e. The van der Waals surface area contributed by atoms with Gasteiger partial charge in [0.2, 0.25) is 0 Å². The maximum Gasteiger partial charge on any atom is 0.329 e. The molecule has 3 aromatic carbocycles. The second kappa shape index (κ2) is 10.9. The van der Waals surface area contributed by atoms with E-state index in [0.29, 0.717) is 17.0 Å². The lowest BCUT2D eigenvalue weighted by Gasteiger charge is -2.18. The van der Waals surface area contributed by atoms with Gasteiger partial charge in [-0.1, -0.05) is 30.3 Å². The molecule has 164 valence electrons. The fourth-order valence-electron chi connectivity index (χ4n) is 2.97. The summed E-state index contributed by atoms with van der Waals surface area (Å²) in [6.45, 7) is -0.523. The molecule has 0 radical (unpaired) electrons. The number of anilines is 1. The van der Waals surface area contributed by atoms with E-state index in [1.807, 2.05) is 0 Å². The lowest BCUT2D eigenvalue weighted by Crippen LogP contribution is -2.34. The number of carbonyl (C=O) groups excluding carboxylic acids is 3. The number of Topliss-reactive ketones (excluding diaryl/α,β-unsaturated/α-hetero) is 2. The van der Waals surface area contributed by atoms with E-state index in [4.69, 9.17) is 9.47 Å². The first kappa shape index (κ1) is 22.7. The van der Waals surface area contributed by atoms with Crippen LogP contribution in [0.2, 0.25) is 0 Å². The Morgan fingerprint density at radius 1 is 0.844 bits per heavy atom. The van der Waals surface area contributed by atoms with Crippen LogP contribution >= 0.6 is 0 Å². The Balaban J connectivity index is 1.70. The van der Waals surface area contributed by atoms with Gasteiger partial charge in [0, 0.05) is 23.2 Å². The zero-order chi connectivity index (χ0) is 22.9. The fraction of sp³-hybridized carbons (Fsp3) is 0.160. The normalized spacial score (nSPS) is 11.3. The molecular formula is C25H22FNO5. The van der Waals surface area contributed by atoms with Gasteiger partial charge in [-0.15, -0.1) is 0 Å². The summed E-state index contributed by atoms with van der Waals surface area (Å²) in [5.41, 5.74) is 1.27. The highest BCUT2D eigenvalue weighted by Gasteiger charge is 2.25. The van der Waals surface area contributed by atoms with Crippen LogP contribution in [0.3, 0.4) is 0 Å². The number of methoxy groups -OCH3 is 1. The van der Waals surface area contributed by atoms with Gasteiger partial charge in [0.05, 0.1) is 7.11 Å². The molecule has 6 nitrogen and oxygen atoms in total. The van der Waals surface area contributed by atoms with Crippen LogP contribution < -0.4 is 10.1 Å². The smallest absolute Gasteiger partial charge is 0.329 e. The molecule has 0 heterocycles. The fourth-order valence-corrected chi connectivity index (χ4v) is 2.97. The summed E-state index contributed by atoms with van der Waals surface area (Å²) in [5.74, 6) is -1.31. The molecular weight excluding hydrogens is 413 g/mol. The van der Waals surface area contributed by atoms with Crippen molar-refractivity contribution in [3.63, 3.8) is 0 Å². The number of halogens is 1. The Hall–Kier alpha value is -4.00. The first-order valence-corrected chi connectivity index (χ1v) is 9.90. The molecule has 0 aromatic heterocycles. The second-order valence-corrected chi connectivity index (χ2v) is 6.96. The molecule has 0 unspecified atom stereocenters. The molecule has 0 fully saturated rings. The van der Waals surface area contributed by atoms with Crippen molar-refractivity contribution in [2.45, 2.75) is 12.5 Å². The average Bonchev–Trinajstić information content (AvgIpc) is 2.83. The Bertz CT molecular complexity index is 1070. The van der Waals surface area contributed by atoms with Gasteiger partial charge in [-0.05, 0) is 48.5 Å². The minimum absolute atomic E-state index is 0.167. The van der Waals surface area contributed by atoms with E-state index in [-0.39, 0.29) is 17.8 Å². The molecule has 3 rings (SSSR count). The van der Waals surface area contributed by atoms with Crippen molar-refractivity contribution >= 4 is 23.2 Å². The van der Waals surface area contributed by atoms with Crippen LogP contribution in [0.15, 0.2) is 78.9 Å². The average molecular weight is 435 g/mol. The SMILES string of the molecule is COc1ccc(N[C@H](CC(=O)c2ccccc2)C(=O)OCC(=O)c2ccc(F)cc2)cc1. The third kappa shape index (κ3) is 6.25. The third-order valence-corrected chi connectivity index (χ3v) is 4.71. The first-order valence-electron chi connectivity index (χ1n) is 9.90. The molecule has 0 spiro atoms. The molecule has 0 amide bonds. The van der Waals surface area contributed by atoms with Gasteiger partial charge >= 0.3 is 5.97 Å². The maximum absolute atomic E-state index is 13.0. The van der Waals surface area contributed by atoms with E-state index < -0.39 is 30.2 Å². The molecule has 0 aliphatic heterocycles. The number of hydrogen-bond donors (Lipinski definition) is 1. The van der Waals surface area contributed by atoms with Gasteiger partial charge < -0.3 is 14.8 Å². The number of esters is 1. The molecule has 0 aliphatic rings. The molecule has 1 atom stereocenters. The van der Waals surface area contributed by atoms with E-state index >= 15 is 0 Å². The zero-order valence-corrected chi connectivity index (χ0v) is 17.4. The topological polar surface area (TPSA) is 81.7 Å². The number of rotatable bonds is 10. The van der Waals surface area contributed by atoms with Gasteiger partial charge in [-0.3, -0.25) is 9.59 Å². The van der Waals surface area contributed by atoms with Gasteiger partial charge in [0.15, 0.2) is 18.2 Å². The van der Waals surface area contributed by atoms with E-state index in [0.717, 1.165) is 12.1 Å². The highest BCUT2D eigenvalue weighted by molar-refractivity contribution is 6.01. The van der Waals surface area contributed by atoms with Crippen LogP contribution in [-0.2, 0) is 9.53 Å². The van der Waals surface area contributed by atoms with Crippen LogP contribution in [0.5, 0.6) is 5.75 Å². The number of nitrogens with one attached hydrogen (secondary N) is 1. The number of ether oxygens (including phenoxy) is 2. The summed E-state index contributed by atoms with van der Waals surface area (Å²) in [7, 11) is 1.54. The predicted molar refractivity (Wildman–Crippen MR) is 117 cm³/mol. The molecule has 0 aliphatic carbocycles. The lowest BCUT2D eigenvalue weighted by atomic mass is 10.0. The summed E-state index contributed by atoms with van der Waals surface area (Å²) in [6, 6.07) is 19.3. The molecule has 1 N–H and O–H groups in total. The van der Waals surface area contributed by atoms with Gasteiger partial charge in [0.25, 0.3) is 0 Å². The van der Waals surface area contributed by atoms with Crippen LogP contribution in [0.1, 0.15) is 27.1 Å². The molecule has 3 aromatic rings. The summed E-state index contributed by atoms with van der Waals surface area (Å²) in [6.07, 6.45) is -0.167. The van der Waals surface area contributed by atoms with Crippen molar-refractivity contribution < 1.29 is 28.2 Å².